The van der Waals surface area contributed by atoms with Crippen molar-refractivity contribution in [2.24, 2.45) is 0 Å². The average Bonchev–Trinajstić information content (AvgIpc) is 2.61. The molecule has 1 N–H and O–H groups in total. The van der Waals surface area contributed by atoms with Gasteiger partial charge in [0.15, 0.2) is 6.10 Å². The number of para-hydroxylation sites is 1. The lowest BCUT2D eigenvalue weighted by Crippen LogP contribution is -2.29. The first-order valence-corrected chi connectivity index (χ1v) is 7.45. The summed E-state index contributed by atoms with van der Waals surface area (Å²) in [4.78, 5) is 33.9. The molecule has 0 aliphatic heterocycles. The molecule has 2 rings (SSSR count). The van der Waals surface area contributed by atoms with Gasteiger partial charge in [-0.25, -0.2) is 4.79 Å². The number of benzene rings is 2. The van der Waals surface area contributed by atoms with Crippen molar-refractivity contribution < 1.29 is 19.2 Å². The number of hydrogen-bond donors (Lipinski definition) is 1. The summed E-state index contributed by atoms with van der Waals surface area (Å²) in [5, 5.41) is 13.3. The molecule has 2 aromatic carbocycles. The Bertz CT molecular complexity index is 802. The number of carbonyl (C=O) groups is 2. The lowest BCUT2D eigenvalue weighted by Gasteiger charge is -2.12. The van der Waals surface area contributed by atoms with E-state index in [1.165, 1.54) is 31.2 Å². The number of nitro groups is 1. The van der Waals surface area contributed by atoms with Gasteiger partial charge >= 0.3 is 5.97 Å². The summed E-state index contributed by atoms with van der Waals surface area (Å²) in [6.45, 7) is 1.46. The molecule has 0 heterocycles. The van der Waals surface area contributed by atoms with Crippen LogP contribution in [0.25, 0.3) is 6.08 Å². The zero-order chi connectivity index (χ0) is 18.2. The fourth-order valence-electron chi connectivity index (χ4n) is 1.94. The van der Waals surface area contributed by atoms with Crippen LogP contribution in [0.5, 0.6) is 0 Å². The lowest BCUT2D eigenvalue weighted by atomic mass is 10.2. The van der Waals surface area contributed by atoms with E-state index in [-0.39, 0.29) is 5.69 Å². The molecule has 25 heavy (non-hydrogen) atoms. The molecular formula is C18H16N2O5. The van der Waals surface area contributed by atoms with Gasteiger partial charge in [-0.05, 0) is 30.7 Å². The van der Waals surface area contributed by atoms with Gasteiger partial charge < -0.3 is 10.1 Å². The van der Waals surface area contributed by atoms with Gasteiger partial charge in [-0.1, -0.05) is 30.3 Å². The zero-order valence-electron chi connectivity index (χ0n) is 13.4. The summed E-state index contributed by atoms with van der Waals surface area (Å²) in [5.74, 6) is -1.18. The maximum absolute atomic E-state index is 12.0. The fraction of sp³-hybridized carbons (Fsp3) is 0.111. The number of esters is 1. The van der Waals surface area contributed by atoms with Crippen LogP contribution in [-0.4, -0.2) is 22.9 Å². The molecular weight excluding hydrogens is 324 g/mol. The summed E-state index contributed by atoms with van der Waals surface area (Å²) in [7, 11) is 0. The van der Waals surface area contributed by atoms with Gasteiger partial charge in [0.2, 0.25) is 0 Å². The Morgan fingerprint density at radius 3 is 2.56 bits per heavy atom. The topological polar surface area (TPSA) is 98.5 Å². The van der Waals surface area contributed by atoms with E-state index in [9.17, 15) is 19.7 Å². The summed E-state index contributed by atoms with van der Waals surface area (Å²) < 4.78 is 5.01. The Morgan fingerprint density at radius 1 is 1.16 bits per heavy atom. The number of carbonyl (C=O) groups excluding carboxylic acids is 2. The quantitative estimate of drug-likeness (QED) is 0.377. The Kier molecular flexibility index (Phi) is 6.00. The molecule has 1 amide bonds. The zero-order valence-corrected chi connectivity index (χ0v) is 13.4. The van der Waals surface area contributed by atoms with E-state index in [4.69, 9.17) is 4.74 Å². The van der Waals surface area contributed by atoms with Crippen LogP contribution in [0.2, 0.25) is 0 Å². The second-order valence-corrected chi connectivity index (χ2v) is 5.12. The van der Waals surface area contributed by atoms with E-state index < -0.39 is 22.9 Å². The highest BCUT2D eigenvalue weighted by Gasteiger charge is 2.16. The Morgan fingerprint density at radius 2 is 1.88 bits per heavy atom. The third-order valence-electron chi connectivity index (χ3n) is 3.20. The van der Waals surface area contributed by atoms with E-state index in [0.29, 0.717) is 11.3 Å². The Balaban J connectivity index is 1.91. The van der Waals surface area contributed by atoms with Crippen molar-refractivity contribution in [3.05, 3.63) is 76.4 Å². The van der Waals surface area contributed by atoms with Gasteiger partial charge in [0.05, 0.1) is 4.92 Å². The number of rotatable bonds is 6. The SMILES string of the molecule is C[C@@H](OC(=O)/C=C/c1cccc([N+](=O)[O-])c1)C(=O)Nc1ccccc1. The predicted octanol–water partition coefficient (Wildman–Crippen LogP) is 3.18. The highest BCUT2D eigenvalue weighted by atomic mass is 16.6. The van der Waals surface area contributed by atoms with Crippen LogP contribution in [0.3, 0.4) is 0 Å². The molecule has 7 nitrogen and oxygen atoms in total. The molecule has 0 aliphatic rings. The van der Waals surface area contributed by atoms with Crippen LogP contribution in [0.1, 0.15) is 12.5 Å². The van der Waals surface area contributed by atoms with Crippen LogP contribution in [0.15, 0.2) is 60.7 Å². The van der Waals surface area contributed by atoms with Gasteiger partial charge in [0.1, 0.15) is 0 Å². The van der Waals surface area contributed by atoms with Crippen molar-refractivity contribution in [3.63, 3.8) is 0 Å². The van der Waals surface area contributed by atoms with Gasteiger partial charge in [0.25, 0.3) is 11.6 Å². The van der Waals surface area contributed by atoms with Gasteiger partial charge in [-0.2, -0.15) is 0 Å². The number of hydrogen-bond acceptors (Lipinski definition) is 5. The molecule has 0 radical (unpaired) electrons. The van der Waals surface area contributed by atoms with Crippen molar-refractivity contribution in [1.82, 2.24) is 0 Å². The Labute approximate surface area is 144 Å². The van der Waals surface area contributed by atoms with Crippen molar-refractivity contribution in [1.29, 1.82) is 0 Å². The average molecular weight is 340 g/mol. The van der Waals surface area contributed by atoms with Crippen molar-refractivity contribution in [2.75, 3.05) is 5.32 Å². The van der Waals surface area contributed by atoms with Crippen molar-refractivity contribution in [3.8, 4) is 0 Å². The number of nitro benzene ring substituents is 1. The maximum Gasteiger partial charge on any atom is 0.331 e. The minimum Gasteiger partial charge on any atom is -0.449 e. The maximum atomic E-state index is 12.0. The molecule has 0 aromatic heterocycles. The number of ether oxygens (including phenoxy) is 1. The molecule has 0 unspecified atom stereocenters. The number of anilines is 1. The standard InChI is InChI=1S/C18H16N2O5/c1-13(18(22)19-15-7-3-2-4-8-15)25-17(21)11-10-14-6-5-9-16(12-14)20(23)24/h2-13H,1H3,(H,19,22)/b11-10+/t13-/m1/s1. The molecule has 2 aromatic rings. The van der Waals surface area contributed by atoms with Gasteiger partial charge in [0, 0.05) is 23.9 Å². The van der Waals surface area contributed by atoms with E-state index in [2.05, 4.69) is 5.32 Å². The molecule has 0 aliphatic carbocycles. The number of non-ortho nitro benzene ring substituents is 1. The first kappa shape index (κ1) is 17.9. The number of amides is 1. The fourth-order valence-corrected chi connectivity index (χ4v) is 1.94. The van der Waals surface area contributed by atoms with Crippen LogP contribution in [-0.2, 0) is 14.3 Å². The minimum atomic E-state index is -0.984. The first-order valence-electron chi connectivity index (χ1n) is 7.45. The van der Waals surface area contributed by atoms with E-state index in [1.807, 2.05) is 6.07 Å². The normalized spacial score (nSPS) is 11.7. The third-order valence-corrected chi connectivity index (χ3v) is 3.20. The van der Waals surface area contributed by atoms with Crippen molar-refractivity contribution in [2.45, 2.75) is 13.0 Å². The second kappa shape index (κ2) is 8.39. The minimum absolute atomic E-state index is 0.0777. The lowest BCUT2D eigenvalue weighted by molar-refractivity contribution is -0.384. The smallest absolute Gasteiger partial charge is 0.331 e. The van der Waals surface area contributed by atoms with Crippen LogP contribution >= 0.6 is 0 Å². The van der Waals surface area contributed by atoms with Crippen LogP contribution < -0.4 is 5.32 Å². The first-order chi connectivity index (χ1) is 12.0. The molecule has 0 saturated carbocycles. The molecule has 0 bridgehead atoms. The third kappa shape index (κ3) is 5.58. The highest BCUT2D eigenvalue weighted by molar-refractivity contribution is 5.96. The summed E-state index contributed by atoms with van der Waals surface area (Å²) in [6.07, 6.45) is 1.52. The van der Waals surface area contributed by atoms with Gasteiger partial charge in [-0.15, -0.1) is 0 Å². The summed E-state index contributed by atoms with van der Waals surface area (Å²) >= 11 is 0. The largest absolute Gasteiger partial charge is 0.449 e. The van der Waals surface area contributed by atoms with Crippen LogP contribution in [0.4, 0.5) is 11.4 Å². The second-order valence-electron chi connectivity index (χ2n) is 5.12. The molecule has 1 atom stereocenters. The summed E-state index contributed by atoms with van der Waals surface area (Å²) in [5.41, 5.74) is 1.00. The number of nitrogens with one attached hydrogen (secondary N) is 1. The molecule has 0 spiro atoms. The van der Waals surface area contributed by atoms with E-state index in [0.717, 1.165) is 6.08 Å². The highest BCUT2D eigenvalue weighted by Crippen LogP contribution is 2.14. The molecule has 7 heteroatoms. The molecule has 128 valence electrons. The number of nitrogens with zero attached hydrogens (tertiary/aromatic N) is 1. The molecule has 0 saturated heterocycles. The Hall–Kier alpha value is -3.48. The predicted molar refractivity (Wildman–Crippen MR) is 92.8 cm³/mol. The van der Waals surface area contributed by atoms with E-state index >= 15 is 0 Å². The van der Waals surface area contributed by atoms with Crippen molar-refractivity contribution >= 4 is 29.3 Å². The monoisotopic (exact) mass is 340 g/mol. The van der Waals surface area contributed by atoms with E-state index in [1.54, 1.807) is 30.3 Å². The summed E-state index contributed by atoms with van der Waals surface area (Å²) in [6, 6.07) is 14.6. The van der Waals surface area contributed by atoms with Gasteiger partial charge in [-0.3, -0.25) is 14.9 Å². The van der Waals surface area contributed by atoms with Crippen LogP contribution in [0, 0.1) is 10.1 Å². The molecule has 0 fully saturated rings.